The maximum Gasteiger partial charge on any atom is 0.337 e. The number of rotatable bonds is 4. The zero-order valence-electron chi connectivity index (χ0n) is 16.5. The Morgan fingerprint density at radius 3 is 2.30 bits per heavy atom. The second kappa shape index (κ2) is 8.13. The van der Waals surface area contributed by atoms with Crippen molar-refractivity contribution in [1.29, 1.82) is 0 Å². The molecule has 0 aliphatic carbocycles. The van der Waals surface area contributed by atoms with Gasteiger partial charge < -0.3 is 10.1 Å². The maximum absolute atomic E-state index is 13.1. The van der Waals surface area contributed by atoms with Gasteiger partial charge in [-0.15, -0.1) is 0 Å². The predicted molar refractivity (Wildman–Crippen MR) is 115 cm³/mol. The molecule has 0 saturated carbocycles. The second-order valence-electron chi connectivity index (χ2n) is 6.75. The van der Waals surface area contributed by atoms with Crippen molar-refractivity contribution in [1.82, 2.24) is 9.97 Å². The first-order valence-corrected chi connectivity index (χ1v) is 9.39. The van der Waals surface area contributed by atoms with Gasteiger partial charge in [-0.25, -0.2) is 14.8 Å². The molecule has 0 bridgehead atoms. The highest BCUT2D eigenvalue weighted by Gasteiger charge is 2.17. The molecule has 0 atom stereocenters. The van der Waals surface area contributed by atoms with Gasteiger partial charge in [0.05, 0.1) is 18.2 Å². The highest BCUT2D eigenvalue weighted by Crippen LogP contribution is 2.24. The summed E-state index contributed by atoms with van der Waals surface area (Å²) in [5.41, 5.74) is 3.84. The van der Waals surface area contributed by atoms with Crippen molar-refractivity contribution in [3.63, 3.8) is 0 Å². The Balaban J connectivity index is 1.73. The van der Waals surface area contributed by atoms with Crippen LogP contribution in [0, 0.1) is 6.92 Å². The molecule has 6 nitrogen and oxygen atoms in total. The fourth-order valence-corrected chi connectivity index (χ4v) is 3.19. The Kier molecular flexibility index (Phi) is 5.22. The first-order valence-electron chi connectivity index (χ1n) is 9.39. The lowest BCUT2D eigenvalue weighted by atomic mass is 10.1. The van der Waals surface area contributed by atoms with Crippen molar-refractivity contribution in [3.05, 3.63) is 89.6 Å². The second-order valence-corrected chi connectivity index (χ2v) is 6.75. The van der Waals surface area contributed by atoms with E-state index in [1.807, 2.05) is 55.5 Å². The third-order valence-corrected chi connectivity index (χ3v) is 4.77. The molecule has 0 saturated heterocycles. The zero-order chi connectivity index (χ0) is 21.1. The number of benzene rings is 3. The number of esters is 1. The molecule has 1 amide bonds. The van der Waals surface area contributed by atoms with Crippen molar-refractivity contribution >= 4 is 28.5 Å². The van der Waals surface area contributed by atoms with Gasteiger partial charge in [0.15, 0.2) is 5.82 Å². The van der Waals surface area contributed by atoms with Crippen LogP contribution in [-0.2, 0) is 4.74 Å². The smallest absolute Gasteiger partial charge is 0.337 e. The fourth-order valence-electron chi connectivity index (χ4n) is 3.19. The van der Waals surface area contributed by atoms with Crippen LogP contribution < -0.4 is 5.32 Å². The third-order valence-electron chi connectivity index (χ3n) is 4.77. The van der Waals surface area contributed by atoms with Gasteiger partial charge in [-0.2, -0.15) is 0 Å². The summed E-state index contributed by atoms with van der Waals surface area (Å²) in [6, 6.07) is 21.7. The largest absolute Gasteiger partial charge is 0.465 e. The molecule has 0 radical (unpaired) electrons. The first kappa shape index (κ1) is 19.3. The van der Waals surface area contributed by atoms with Crippen molar-refractivity contribution < 1.29 is 14.3 Å². The van der Waals surface area contributed by atoms with Gasteiger partial charge in [-0.05, 0) is 42.8 Å². The molecule has 0 spiro atoms. The average molecular weight is 397 g/mol. The molecule has 148 valence electrons. The number of methoxy groups -OCH3 is 1. The standard InChI is InChI=1S/C24H19N3O3/c1-15-7-3-4-8-18(15)22-26-20-10-6-5-9-19(20)21(27-22)23(28)25-17-13-11-16(12-14-17)24(29)30-2/h3-14H,1-2H3,(H,25,28). The molecule has 1 N–H and O–H groups in total. The summed E-state index contributed by atoms with van der Waals surface area (Å²) in [5, 5.41) is 3.51. The van der Waals surface area contributed by atoms with Crippen molar-refractivity contribution in [2.45, 2.75) is 6.92 Å². The number of hydrogen-bond donors (Lipinski definition) is 1. The lowest BCUT2D eigenvalue weighted by Crippen LogP contribution is -2.15. The average Bonchev–Trinajstić information content (AvgIpc) is 2.78. The summed E-state index contributed by atoms with van der Waals surface area (Å²) in [5.74, 6) is -0.287. The molecule has 1 aromatic heterocycles. The van der Waals surface area contributed by atoms with Crippen LogP contribution in [0.25, 0.3) is 22.3 Å². The van der Waals surface area contributed by atoms with Gasteiger partial charge in [0.2, 0.25) is 0 Å². The normalized spacial score (nSPS) is 10.6. The lowest BCUT2D eigenvalue weighted by molar-refractivity contribution is 0.0600. The number of amides is 1. The van der Waals surface area contributed by atoms with E-state index in [1.165, 1.54) is 7.11 Å². The van der Waals surface area contributed by atoms with Crippen LogP contribution in [0.1, 0.15) is 26.4 Å². The van der Waals surface area contributed by atoms with E-state index in [0.717, 1.165) is 11.1 Å². The van der Waals surface area contributed by atoms with E-state index in [1.54, 1.807) is 24.3 Å². The van der Waals surface area contributed by atoms with E-state index in [2.05, 4.69) is 15.3 Å². The number of ether oxygens (including phenoxy) is 1. The highest BCUT2D eigenvalue weighted by atomic mass is 16.5. The third kappa shape index (κ3) is 3.75. The maximum atomic E-state index is 13.1. The van der Waals surface area contributed by atoms with Crippen molar-refractivity contribution in [2.75, 3.05) is 12.4 Å². The Morgan fingerprint density at radius 2 is 1.57 bits per heavy atom. The van der Waals surface area contributed by atoms with Crippen molar-refractivity contribution in [2.24, 2.45) is 0 Å². The Hall–Kier alpha value is -4.06. The molecule has 4 aromatic rings. The van der Waals surface area contributed by atoms with Crippen LogP contribution in [-0.4, -0.2) is 29.0 Å². The predicted octanol–water partition coefficient (Wildman–Crippen LogP) is 4.64. The summed E-state index contributed by atoms with van der Waals surface area (Å²) < 4.78 is 4.70. The molecule has 3 aromatic carbocycles. The Labute approximate surface area is 173 Å². The van der Waals surface area contributed by atoms with Crippen LogP contribution in [0.15, 0.2) is 72.8 Å². The van der Waals surface area contributed by atoms with Crippen LogP contribution in [0.3, 0.4) is 0 Å². The first-order chi connectivity index (χ1) is 14.6. The monoisotopic (exact) mass is 397 g/mol. The van der Waals surface area contributed by atoms with Gasteiger partial charge in [0.25, 0.3) is 5.91 Å². The van der Waals surface area contributed by atoms with Gasteiger partial charge >= 0.3 is 5.97 Å². The van der Waals surface area contributed by atoms with Crippen molar-refractivity contribution in [3.8, 4) is 11.4 Å². The Bertz CT molecular complexity index is 1250. The summed E-state index contributed by atoms with van der Waals surface area (Å²) in [6.07, 6.45) is 0. The molecular weight excluding hydrogens is 378 g/mol. The summed E-state index contributed by atoms with van der Waals surface area (Å²) in [4.78, 5) is 33.9. The number of carbonyl (C=O) groups is 2. The number of hydrogen-bond acceptors (Lipinski definition) is 5. The van der Waals surface area contributed by atoms with Gasteiger partial charge in [0, 0.05) is 16.6 Å². The van der Waals surface area contributed by atoms with Crippen LogP contribution in [0.5, 0.6) is 0 Å². The number of nitrogens with one attached hydrogen (secondary N) is 1. The van der Waals surface area contributed by atoms with E-state index in [4.69, 9.17) is 4.74 Å². The number of anilines is 1. The molecule has 0 aliphatic heterocycles. The molecule has 0 aliphatic rings. The van der Waals surface area contributed by atoms with Gasteiger partial charge in [-0.3, -0.25) is 4.79 Å². The summed E-state index contributed by atoms with van der Waals surface area (Å²) in [6.45, 7) is 1.98. The van der Waals surface area contributed by atoms with Gasteiger partial charge in [0.1, 0.15) is 5.69 Å². The molecule has 1 heterocycles. The number of fused-ring (bicyclic) bond motifs is 1. The Morgan fingerprint density at radius 1 is 0.867 bits per heavy atom. The molecule has 0 unspecified atom stereocenters. The van der Waals surface area contributed by atoms with Crippen LogP contribution in [0.4, 0.5) is 5.69 Å². The fraction of sp³-hybridized carbons (Fsp3) is 0.0833. The molecule has 4 rings (SSSR count). The molecule has 30 heavy (non-hydrogen) atoms. The summed E-state index contributed by atoms with van der Waals surface area (Å²) in [7, 11) is 1.32. The molecular formula is C24H19N3O3. The number of nitrogens with zero attached hydrogens (tertiary/aromatic N) is 2. The quantitative estimate of drug-likeness (QED) is 0.507. The highest BCUT2D eigenvalue weighted by molar-refractivity contribution is 6.11. The topological polar surface area (TPSA) is 81.2 Å². The SMILES string of the molecule is COC(=O)c1ccc(NC(=O)c2nc(-c3ccccc3C)nc3ccccc23)cc1. The minimum absolute atomic E-state index is 0.288. The summed E-state index contributed by atoms with van der Waals surface area (Å²) >= 11 is 0. The minimum atomic E-state index is -0.433. The van der Waals surface area contributed by atoms with E-state index >= 15 is 0 Å². The minimum Gasteiger partial charge on any atom is -0.465 e. The van der Waals surface area contributed by atoms with E-state index < -0.39 is 5.97 Å². The molecule has 0 fully saturated rings. The number of para-hydroxylation sites is 1. The van der Waals surface area contributed by atoms with Crippen LogP contribution in [0.2, 0.25) is 0 Å². The number of aryl methyl sites for hydroxylation is 1. The van der Waals surface area contributed by atoms with Gasteiger partial charge in [-0.1, -0.05) is 42.5 Å². The van der Waals surface area contributed by atoms with Crippen LogP contribution >= 0.6 is 0 Å². The number of aromatic nitrogens is 2. The zero-order valence-corrected chi connectivity index (χ0v) is 16.5. The van der Waals surface area contributed by atoms with E-state index in [-0.39, 0.29) is 11.6 Å². The molecule has 6 heteroatoms. The number of carbonyl (C=O) groups excluding carboxylic acids is 2. The lowest BCUT2D eigenvalue weighted by Gasteiger charge is -2.11. The van der Waals surface area contributed by atoms with E-state index in [9.17, 15) is 9.59 Å². The van der Waals surface area contributed by atoms with E-state index in [0.29, 0.717) is 28.0 Å².